The maximum absolute atomic E-state index is 13.3. The van der Waals surface area contributed by atoms with Gasteiger partial charge in [-0.25, -0.2) is 9.67 Å². The molecule has 0 radical (unpaired) electrons. The summed E-state index contributed by atoms with van der Waals surface area (Å²) in [6, 6.07) is 22.3. The highest BCUT2D eigenvalue weighted by molar-refractivity contribution is 9.10. The van der Waals surface area contributed by atoms with Crippen molar-refractivity contribution in [2.75, 3.05) is 0 Å². The molecular formula is C23H15BrClN5OS. The Labute approximate surface area is 201 Å². The summed E-state index contributed by atoms with van der Waals surface area (Å²) in [5, 5.41) is 10.3. The summed E-state index contributed by atoms with van der Waals surface area (Å²) in [6.07, 6.45) is 1.86. The Bertz CT molecular complexity index is 1470. The molecule has 2 heterocycles. The molecule has 0 atom stereocenters. The van der Waals surface area contributed by atoms with Crippen LogP contribution in [-0.4, -0.2) is 24.5 Å². The number of aromatic nitrogens is 5. The lowest BCUT2D eigenvalue weighted by Crippen LogP contribution is -2.21. The van der Waals surface area contributed by atoms with E-state index in [4.69, 9.17) is 16.6 Å². The lowest BCUT2D eigenvalue weighted by atomic mass is 10.2. The van der Waals surface area contributed by atoms with Gasteiger partial charge < -0.3 is 0 Å². The second-order valence-electron chi connectivity index (χ2n) is 6.95. The molecule has 0 bridgehead atoms. The van der Waals surface area contributed by atoms with Crippen LogP contribution in [0.1, 0.15) is 5.69 Å². The van der Waals surface area contributed by atoms with Gasteiger partial charge >= 0.3 is 0 Å². The topological polar surface area (TPSA) is 65.6 Å². The average molecular weight is 525 g/mol. The van der Waals surface area contributed by atoms with E-state index >= 15 is 0 Å². The summed E-state index contributed by atoms with van der Waals surface area (Å²) in [5.74, 6) is 0.509. The fourth-order valence-corrected chi connectivity index (χ4v) is 4.53. The van der Waals surface area contributed by atoms with Crippen LogP contribution in [0.25, 0.3) is 22.3 Å². The standard InChI is InChI=1S/C23H15BrClN5OS/c24-15-5-9-19(10-6-15)30-22(31)20-3-1-2-4-21(20)26-23(30)32-14-17-13-29(28-27-17)18-11-7-16(25)8-12-18/h1-13H,14H2. The van der Waals surface area contributed by atoms with Crippen molar-refractivity contribution in [3.63, 3.8) is 0 Å². The van der Waals surface area contributed by atoms with Gasteiger partial charge in [0.2, 0.25) is 0 Å². The van der Waals surface area contributed by atoms with Crippen LogP contribution in [0.15, 0.2) is 93.4 Å². The van der Waals surface area contributed by atoms with E-state index in [0.717, 1.165) is 21.5 Å². The predicted molar refractivity (Wildman–Crippen MR) is 131 cm³/mol. The van der Waals surface area contributed by atoms with E-state index in [9.17, 15) is 4.79 Å². The van der Waals surface area contributed by atoms with Crippen molar-refractivity contribution in [3.05, 3.63) is 105 Å². The first kappa shape index (κ1) is 20.9. The maximum atomic E-state index is 13.3. The summed E-state index contributed by atoms with van der Waals surface area (Å²) < 4.78 is 4.28. The lowest BCUT2D eigenvalue weighted by molar-refractivity contribution is 0.799. The quantitative estimate of drug-likeness (QED) is 0.219. The average Bonchev–Trinajstić information content (AvgIpc) is 3.28. The fraction of sp³-hybridized carbons (Fsp3) is 0.0435. The van der Waals surface area contributed by atoms with Crippen molar-refractivity contribution in [1.82, 2.24) is 24.5 Å². The molecule has 2 aromatic heterocycles. The monoisotopic (exact) mass is 523 g/mol. The number of para-hydroxylation sites is 1. The van der Waals surface area contributed by atoms with E-state index in [0.29, 0.717) is 26.8 Å². The fourth-order valence-electron chi connectivity index (χ4n) is 3.25. The van der Waals surface area contributed by atoms with E-state index in [1.54, 1.807) is 15.3 Å². The number of thioether (sulfide) groups is 1. The summed E-state index contributed by atoms with van der Waals surface area (Å²) in [5.41, 5.74) is 2.95. The molecule has 6 nitrogen and oxygen atoms in total. The molecule has 158 valence electrons. The van der Waals surface area contributed by atoms with Crippen molar-refractivity contribution in [3.8, 4) is 11.4 Å². The number of rotatable bonds is 5. The van der Waals surface area contributed by atoms with Crippen LogP contribution >= 0.6 is 39.3 Å². The Morgan fingerprint density at radius 1 is 0.938 bits per heavy atom. The number of hydrogen-bond acceptors (Lipinski definition) is 5. The minimum absolute atomic E-state index is 0.106. The first-order valence-electron chi connectivity index (χ1n) is 9.66. The Morgan fingerprint density at radius 3 is 2.44 bits per heavy atom. The second-order valence-corrected chi connectivity index (χ2v) is 9.24. The molecule has 0 saturated carbocycles. The number of benzene rings is 3. The van der Waals surface area contributed by atoms with Crippen LogP contribution < -0.4 is 5.56 Å². The first-order valence-corrected chi connectivity index (χ1v) is 11.8. The summed E-state index contributed by atoms with van der Waals surface area (Å²) in [7, 11) is 0. The molecule has 0 aliphatic heterocycles. The second kappa shape index (κ2) is 8.90. The Kier molecular flexibility index (Phi) is 5.82. The third kappa shape index (κ3) is 4.21. The molecule has 0 fully saturated rings. The largest absolute Gasteiger partial charge is 0.268 e. The number of fused-ring (bicyclic) bond motifs is 1. The Hall–Kier alpha value is -2.94. The molecule has 9 heteroatoms. The molecule has 5 rings (SSSR count). The van der Waals surface area contributed by atoms with Gasteiger partial charge in [-0.2, -0.15) is 0 Å². The van der Waals surface area contributed by atoms with Crippen molar-refractivity contribution in [1.29, 1.82) is 0 Å². The first-order chi connectivity index (χ1) is 15.6. The van der Waals surface area contributed by atoms with Crippen LogP contribution in [0.3, 0.4) is 0 Å². The summed E-state index contributed by atoms with van der Waals surface area (Å²) >= 11 is 10.9. The number of nitrogens with zero attached hydrogens (tertiary/aromatic N) is 5. The van der Waals surface area contributed by atoms with Gasteiger partial charge in [0.25, 0.3) is 5.56 Å². The van der Waals surface area contributed by atoms with Crippen molar-refractivity contribution < 1.29 is 0 Å². The predicted octanol–water partition coefficient (Wildman–Crippen LogP) is 5.67. The molecule has 0 spiro atoms. The van der Waals surface area contributed by atoms with E-state index in [-0.39, 0.29) is 5.56 Å². The number of halogens is 2. The summed E-state index contributed by atoms with van der Waals surface area (Å²) in [6.45, 7) is 0. The van der Waals surface area contributed by atoms with Crippen molar-refractivity contribution in [2.24, 2.45) is 0 Å². The normalized spacial score (nSPS) is 11.2. The van der Waals surface area contributed by atoms with Gasteiger partial charge in [-0.1, -0.05) is 56.6 Å². The van der Waals surface area contributed by atoms with E-state index in [2.05, 4.69) is 26.2 Å². The lowest BCUT2D eigenvalue weighted by Gasteiger charge is -2.13. The van der Waals surface area contributed by atoms with Gasteiger partial charge in [0, 0.05) is 15.2 Å². The highest BCUT2D eigenvalue weighted by Gasteiger charge is 2.14. The SMILES string of the molecule is O=c1c2ccccc2nc(SCc2cn(-c3ccc(Cl)cc3)nn2)n1-c1ccc(Br)cc1. The third-order valence-electron chi connectivity index (χ3n) is 4.81. The van der Waals surface area contributed by atoms with E-state index in [1.807, 2.05) is 72.9 Å². The minimum Gasteiger partial charge on any atom is -0.268 e. The van der Waals surface area contributed by atoms with Crippen LogP contribution in [0.2, 0.25) is 5.02 Å². The van der Waals surface area contributed by atoms with Gasteiger partial charge in [-0.3, -0.25) is 9.36 Å². The van der Waals surface area contributed by atoms with E-state index in [1.165, 1.54) is 11.8 Å². The van der Waals surface area contributed by atoms with Gasteiger partial charge in [0.15, 0.2) is 5.16 Å². The molecular weight excluding hydrogens is 510 g/mol. The minimum atomic E-state index is -0.106. The molecule has 0 unspecified atom stereocenters. The van der Waals surface area contributed by atoms with Crippen molar-refractivity contribution >= 4 is 50.2 Å². The third-order valence-corrected chi connectivity index (χ3v) is 6.56. The molecule has 0 saturated heterocycles. The van der Waals surface area contributed by atoms with Crippen molar-refractivity contribution in [2.45, 2.75) is 10.9 Å². The Balaban J connectivity index is 1.50. The number of hydrogen-bond donors (Lipinski definition) is 0. The van der Waals surface area contributed by atoms with Crippen LogP contribution in [0.5, 0.6) is 0 Å². The van der Waals surface area contributed by atoms with Crippen LogP contribution in [0.4, 0.5) is 0 Å². The molecule has 3 aromatic carbocycles. The van der Waals surface area contributed by atoms with Gasteiger partial charge in [0.05, 0.1) is 34.2 Å². The molecule has 0 aliphatic carbocycles. The zero-order valence-electron chi connectivity index (χ0n) is 16.5. The smallest absolute Gasteiger partial charge is 0.266 e. The molecule has 5 aromatic rings. The Morgan fingerprint density at radius 2 is 1.66 bits per heavy atom. The van der Waals surface area contributed by atoms with Gasteiger partial charge in [-0.05, 0) is 60.7 Å². The zero-order chi connectivity index (χ0) is 22.1. The van der Waals surface area contributed by atoms with Crippen LogP contribution in [0, 0.1) is 0 Å². The highest BCUT2D eigenvalue weighted by atomic mass is 79.9. The van der Waals surface area contributed by atoms with Gasteiger partial charge in [-0.15, -0.1) is 5.10 Å². The highest BCUT2D eigenvalue weighted by Crippen LogP contribution is 2.25. The molecule has 0 amide bonds. The van der Waals surface area contributed by atoms with Crippen LogP contribution in [-0.2, 0) is 5.75 Å². The maximum Gasteiger partial charge on any atom is 0.266 e. The van der Waals surface area contributed by atoms with E-state index < -0.39 is 0 Å². The molecule has 0 N–H and O–H groups in total. The zero-order valence-corrected chi connectivity index (χ0v) is 19.7. The molecule has 32 heavy (non-hydrogen) atoms. The van der Waals surface area contributed by atoms with Gasteiger partial charge in [0.1, 0.15) is 0 Å². The molecule has 0 aliphatic rings. The summed E-state index contributed by atoms with van der Waals surface area (Å²) in [4.78, 5) is 18.1.